The predicted octanol–water partition coefficient (Wildman–Crippen LogP) is 3.33. The minimum Gasteiger partial charge on any atom is -0.429 e. The monoisotopic (exact) mass is 724 g/mol. The number of ether oxygens (including phenoxy) is 2. The standard InChI is InChI=1S/C39H60N6O7/c1-38(2,35(48)40-23-25-44(5)6)42-33(46)13-9-11-29-15-19-31(20-16-29)27-51-37(50)52-28-32-21-17-30(18-22-32)12-10-14-34(47)43-39(3,4)36(49)41-24-26-45(7)8/h15-22H,9-14,23-28H2,1-8H3,(H,40,48)(H,41,49)(H,42,46)(H,43,47). The molecule has 0 saturated carbocycles. The van der Waals surface area contributed by atoms with Gasteiger partial charge in [-0.25, -0.2) is 4.79 Å². The number of aryl methyl sites for hydroxylation is 2. The van der Waals surface area contributed by atoms with E-state index < -0.39 is 17.2 Å². The Morgan fingerprint density at radius 2 is 0.885 bits per heavy atom. The summed E-state index contributed by atoms with van der Waals surface area (Å²) in [6.45, 7) is 9.37. The highest BCUT2D eigenvalue weighted by Gasteiger charge is 2.29. The summed E-state index contributed by atoms with van der Waals surface area (Å²) < 4.78 is 10.5. The maximum absolute atomic E-state index is 12.5. The van der Waals surface area contributed by atoms with E-state index >= 15 is 0 Å². The summed E-state index contributed by atoms with van der Waals surface area (Å²) in [6.07, 6.45) is 2.46. The average Bonchev–Trinajstić information content (AvgIpc) is 3.06. The molecule has 0 bridgehead atoms. The van der Waals surface area contributed by atoms with Gasteiger partial charge in [0.05, 0.1) is 0 Å². The van der Waals surface area contributed by atoms with Crippen LogP contribution in [0.4, 0.5) is 4.79 Å². The van der Waals surface area contributed by atoms with Crippen LogP contribution in [0.1, 0.15) is 75.6 Å². The molecule has 13 heteroatoms. The molecule has 0 heterocycles. The zero-order valence-electron chi connectivity index (χ0n) is 32.4. The molecule has 0 fully saturated rings. The molecule has 2 rings (SSSR count). The van der Waals surface area contributed by atoms with Gasteiger partial charge in [0.25, 0.3) is 0 Å². The van der Waals surface area contributed by atoms with Crippen LogP contribution in [-0.2, 0) is 54.7 Å². The third-order valence-corrected chi connectivity index (χ3v) is 8.23. The van der Waals surface area contributed by atoms with Crippen LogP contribution in [0, 0.1) is 0 Å². The van der Waals surface area contributed by atoms with Gasteiger partial charge in [-0.05, 0) is 104 Å². The molecule has 0 aliphatic heterocycles. The highest BCUT2D eigenvalue weighted by atomic mass is 16.7. The van der Waals surface area contributed by atoms with Crippen molar-refractivity contribution >= 4 is 29.8 Å². The van der Waals surface area contributed by atoms with Gasteiger partial charge in [-0.1, -0.05) is 48.5 Å². The Kier molecular flexibility index (Phi) is 18.3. The van der Waals surface area contributed by atoms with Crippen LogP contribution in [-0.4, -0.2) is 105 Å². The number of carbonyl (C=O) groups is 5. The quantitative estimate of drug-likeness (QED) is 0.134. The summed E-state index contributed by atoms with van der Waals surface area (Å²) in [7, 11) is 7.72. The zero-order valence-corrected chi connectivity index (χ0v) is 32.4. The Bertz CT molecular complexity index is 1330. The van der Waals surface area contributed by atoms with E-state index in [1.165, 1.54) is 0 Å². The maximum Gasteiger partial charge on any atom is 0.508 e. The molecule has 0 unspecified atom stereocenters. The van der Waals surface area contributed by atoms with E-state index in [2.05, 4.69) is 21.3 Å². The van der Waals surface area contributed by atoms with E-state index in [0.29, 0.717) is 51.6 Å². The zero-order chi connectivity index (χ0) is 38.7. The third kappa shape index (κ3) is 17.6. The fourth-order valence-corrected chi connectivity index (χ4v) is 5.00. The number of likely N-dealkylation sites (N-methyl/N-ethyl adjacent to an activating group) is 2. The van der Waals surface area contributed by atoms with Crippen molar-refractivity contribution in [2.24, 2.45) is 0 Å². The van der Waals surface area contributed by atoms with Crippen LogP contribution in [0.15, 0.2) is 48.5 Å². The van der Waals surface area contributed by atoms with Crippen molar-refractivity contribution in [3.63, 3.8) is 0 Å². The van der Waals surface area contributed by atoms with Crippen LogP contribution < -0.4 is 21.3 Å². The molecule has 0 spiro atoms. The molecule has 288 valence electrons. The molecule has 4 amide bonds. The van der Waals surface area contributed by atoms with Crippen LogP contribution in [0.3, 0.4) is 0 Å². The van der Waals surface area contributed by atoms with Crippen molar-refractivity contribution in [1.29, 1.82) is 0 Å². The molecule has 2 aromatic carbocycles. The Hall–Kier alpha value is -4.49. The van der Waals surface area contributed by atoms with Crippen molar-refractivity contribution in [2.45, 2.75) is 90.5 Å². The van der Waals surface area contributed by atoms with E-state index in [-0.39, 0.29) is 36.8 Å². The van der Waals surface area contributed by atoms with Crippen LogP contribution in [0.5, 0.6) is 0 Å². The first kappa shape index (κ1) is 43.7. The first-order valence-electron chi connectivity index (χ1n) is 17.9. The van der Waals surface area contributed by atoms with Crippen molar-refractivity contribution in [3.8, 4) is 0 Å². The average molecular weight is 725 g/mol. The van der Waals surface area contributed by atoms with Crippen molar-refractivity contribution in [1.82, 2.24) is 31.1 Å². The number of hydrogen-bond donors (Lipinski definition) is 4. The van der Waals surface area contributed by atoms with Crippen molar-refractivity contribution in [2.75, 3.05) is 54.4 Å². The Morgan fingerprint density at radius 1 is 0.558 bits per heavy atom. The smallest absolute Gasteiger partial charge is 0.429 e. The second-order valence-corrected chi connectivity index (χ2v) is 14.6. The lowest BCUT2D eigenvalue weighted by Gasteiger charge is -2.25. The number of nitrogens with one attached hydrogen (secondary N) is 4. The third-order valence-electron chi connectivity index (χ3n) is 8.23. The summed E-state index contributed by atoms with van der Waals surface area (Å²) >= 11 is 0. The maximum atomic E-state index is 12.5. The van der Waals surface area contributed by atoms with E-state index in [0.717, 1.165) is 35.3 Å². The van der Waals surface area contributed by atoms with Crippen molar-refractivity contribution < 1.29 is 33.4 Å². The largest absolute Gasteiger partial charge is 0.508 e. The highest BCUT2D eigenvalue weighted by Crippen LogP contribution is 2.13. The number of hydrogen-bond acceptors (Lipinski definition) is 9. The Labute approximate surface area is 309 Å². The molecule has 0 aromatic heterocycles. The predicted molar refractivity (Wildman–Crippen MR) is 201 cm³/mol. The number of nitrogens with zero attached hydrogens (tertiary/aromatic N) is 2. The Balaban J connectivity index is 1.63. The van der Waals surface area contributed by atoms with Crippen molar-refractivity contribution in [3.05, 3.63) is 70.8 Å². The van der Waals surface area contributed by atoms with Crippen LogP contribution >= 0.6 is 0 Å². The van der Waals surface area contributed by atoms with Gasteiger partial charge in [-0.3, -0.25) is 19.2 Å². The number of amides is 4. The van der Waals surface area contributed by atoms with E-state index in [4.69, 9.17) is 9.47 Å². The SMILES string of the molecule is CN(C)CCNC(=O)C(C)(C)NC(=O)CCCc1ccc(COC(=O)OCc2ccc(CCCC(=O)NC(C)(C)C(=O)NCCN(C)C)cc2)cc1. The van der Waals surface area contributed by atoms with Gasteiger partial charge >= 0.3 is 6.16 Å². The molecule has 0 aliphatic carbocycles. The normalized spacial score (nSPS) is 11.6. The van der Waals surface area contributed by atoms with Crippen LogP contribution in [0.2, 0.25) is 0 Å². The fraction of sp³-hybridized carbons (Fsp3) is 0.564. The molecule has 52 heavy (non-hydrogen) atoms. The second kappa shape index (κ2) is 21.8. The summed E-state index contributed by atoms with van der Waals surface area (Å²) in [5, 5.41) is 11.3. The summed E-state index contributed by atoms with van der Waals surface area (Å²) in [4.78, 5) is 65.9. The first-order chi connectivity index (χ1) is 24.5. The van der Waals surface area contributed by atoms with Gasteiger partial charge < -0.3 is 40.5 Å². The second-order valence-electron chi connectivity index (χ2n) is 14.6. The molecular weight excluding hydrogens is 664 g/mol. The molecule has 0 saturated heterocycles. The lowest BCUT2D eigenvalue weighted by molar-refractivity contribution is -0.132. The lowest BCUT2D eigenvalue weighted by Crippen LogP contribution is -2.55. The van der Waals surface area contributed by atoms with Crippen LogP contribution in [0.25, 0.3) is 0 Å². The minimum atomic E-state index is -0.994. The summed E-state index contributed by atoms with van der Waals surface area (Å²) in [5.41, 5.74) is 1.73. The molecule has 13 nitrogen and oxygen atoms in total. The number of rotatable bonds is 22. The lowest BCUT2D eigenvalue weighted by atomic mass is 10.0. The van der Waals surface area contributed by atoms with Gasteiger partial charge in [0, 0.05) is 39.0 Å². The van der Waals surface area contributed by atoms with Gasteiger partial charge in [-0.15, -0.1) is 0 Å². The fourth-order valence-electron chi connectivity index (χ4n) is 5.00. The first-order valence-corrected chi connectivity index (χ1v) is 17.9. The van der Waals surface area contributed by atoms with E-state index in [1.807, 2.05) is 86.5 Å². The molecule has 0 atom stereocenters. The highest BCUT2D eigenvalue weighted by molar-refractivity contribution is 5.91. The molecular formula is C39H60N6O7. The van der Waals surface area contributed by atoms with Gasteiger partial charge in [0.15, 0.2) is 0 Å². The van der Waals surface area contributed by atoms with Gasteiger partial charge in [0.1, 0.15) is 24.3 Å². The van der Waals surface area contributed by atoms with Gasteiger partial charge in [0.2, 0.25) is 23.6 Å². The van der Waals surface area contributed by atoms with E-state index in [9.17, 15) is 24.0 Å². The minimum absolute atomic E-state index is 0.0675. The van der Waals surface area contributed by atoms with Gasteiger partial charge in [-0.2, -0.15) is 0 Å². The molecule has 0 radical (unpaired) electrons. The summed E-state index contributed by atoms with van der Waals surface area (Å²) in [5.74, 6) is -0.787. The molecule has 0 aliphatic rings. The number of carbonyl (C=O) groups excluding carboxylic acids is 5. The molecule has 2 aromatic rings. The molecule has 4 N–H and O–H groups in total. The Morgan fingerprint density at radius 3 is 1.21 bits per heavy atom. The topological polar surface area (TPSA) is 158 Å². The summed E-state index contributed by atoms with van der Waals surface area (Å²) in [6, 6.07) is 15.2. The number of benzene rings is 2. The van der Waals surface area contributed by atoms with E-state index in [1.54, 1.807) is 27.7 Å².